The lowest BCUT2D eigenvalue weighted by atomic mass is 9.99. The fraction of sp³-hybridized carbons (Fsp3) is 1.00. The zero-order chi connectivity index (χ0) is 15.6. The Balaban J connectivity index is 2.66. The number of piperazine rings is 1. The minimum absolute atomic E-state index is 0.262. The highest BCUT2D eigenvalue weighted by atomic mass is 32.2. The van der Waals surface area contributed by atoms with Crippen LogP contribution in [0.15, 0.2) is 0 Å². The Morgan fingerprint density at radius 2 is 1.90 bits per heavy atom. The number of nitrogens with one attached hydrogen (secondary N) is 1. The van der Waals surface area contributed by atoms with Crippen molar-refractivity contribution >= 4 is 9.84 Å². The van der Waals surface area contributed by atoms with Gasteiger partial charge in [-0.1, -0.05) is 13.8 Å². The molecule has 1 aliphatic rings. The Morgan fingerprint density at radius 3 is 2.40 bits per heavy atom. The second kappa shape index (κ2) is 6.75. The maximum absolute atomic E-state index is 12.3. The lowest BCUT2D eigenvalue weighted by Crippen LogP contribution is -2.57. The van der Waals surface area contributed by atoms with Crippen LogP contribution in [0.4, 0.5) is 0 Å². The molecule has 0 aliphatic carbocycles. The van der Waals surface area contributed by atoms with Crippen LogP contribution in [0.1, 0.15) is 48.0 Å². The first-order valence-corrected chi connectivity index (χ1v) is 9.38. The summed E-state index contributed by atoms with van der Waals surface area (Å²) in [6, 6.07) is 0.900. The van der Waals surface area contributed by atoms with Crippen molar-refractivity contribution in [3.05, 3.63) is 0 Å². The van der Waals surface area contributed by atoms with Crippen LogP contribution in [0.25, 0.3) is 0 Å². The minimum atomic E-state index is -3.03. The van der Waals surface area contributed by atoms with Crippen molar-refractivity contribution in [2.75, 3.05) is 25.4 Å². The smallest absolute Gasteiger partial charge is 0.156 e. The molecule has 0 bridgehead atoms. The maximum Gasteiger partial charge on any atom is 0.156 e. The minimum Gasteiger partial charge on any atom is -0.311 e. The highest BCUT2D eigenvalue weighted by molar-refractivity contribution is 7.92. The number of sulfone groups is 1. The molecule has 0 amide bonds. The SMILES string of the molecule is CC(C)CC1CNC(C)CN1CCS(=O)(=O)C(C)(C)C. The van der Waals surface area contributed by atoms with E-state index in [1.165, 1.54) is 0 Å². The summed E-state index contributed by atoms with van der Waals surface area (Å²) in [6.07, 6.45) is 1.12. The lowest BCUT2D eigenvalue weighted by molar-refractivity contribution is 0.126. The van der Waals surface area contributed by atoms with Gasteiger partial charge in [0.2, 0.25) is 0 Å². The molecule has 0 spiro atoms. The van der Waals surface area contributed by atoms with Crippen LogP contribution in [-0.2, 0) is 9.84 Å². The van der Waals surface area contributed by atoms with E-state index in [4.69, 9.17) is 0 Å². The van der Waals surface area contributed by atoms with Gasteiger partial charge >= 0.3 is 0 Å². The Hall–Kier alpha value is -0.130. The first kappa shape index (κ1) is 17.9. The third-order valence-electron chi connectivity index (χ3n) is 4.05. The Bertz CT molecular complexity index is 399. The van der Waals surface area contributed by atoms with Crippen molar-refractivity contribution in [2.24, 2.45) is 5.92 Å². The molecule has 1 N–H and O–H groups in total. The average Bonchev–Trinajstić information content (AvgIpc) is 2.27. The monoisotopic (exact) mass is 304 g/mol. The second-order valence-electron chi connectivity index (χ2n) is 7.52. The molecule has 4 nitrogen and oxygen atoms in total. The normalized spacial score (nSPS) is 26.1. The third-order valence-corrected chi connectivity index (χ3v) is 6.64. The van der Waals surface area contributed by atoms with Gasteiger partial charge in [0.05, 0.1) is 10.5 Å². The second-order valence-corrected chi connectivity index (χ2v) is 10.4. The van der Waals surface area contributed by atoms with Crippen molar-refractivity contribution in [1.29, 1.82) is 0 Å². The van der Waals surface area contributed by atoms with Crippen LogP contribution in [-0.4, -0.2) is 55.5 Å². The molecule has 120 valence electrons. The molecule has 1 heterocycles. The molecule has 0 radical (unpaired) electrons. The molecular weight excluding hydrogens is 272 g/mol. The quantitative estimate of drug-likeness (QED) is 0.843. The van der Waals surface area contributed by atoms with E-state index in [9.17, 15) is 8.42 Å². The molecule has 2 unspecified atom stereocenters. The van der Waals surface area contributed by atoms with Gasteiger partial charge in [0.1, 0.15) is 0 Å². The summed E-state index contributed by atoms with van der Waals surface area (Å²) in [7, 11) is -3.03. The topological polar surface area (TPSA) is 49.4 Å². The molecule has 1 aliphatic heterocycles. The van der Waals surface area contributed by atoms with E-state index in [1.54, 1.807) is 20.8 Å². The van der Waals surface area contributed by atoms with Gasteiger partial charge in [-0.3, -0.25) is 4.90 Å². The summed E-state index contributed by atoms with van der Waals surface area (Å²) in [5.74, 6) is 0.898. The van der Waals surface area contributed by atoms with Crippen LogP contribution in [0, 0.1) is 5.92 Å². The average molecular weight is 305 g/mol. The first-order valence-electron chi connectivity index (χ1n) is 7.72. The van der Waals surface area contributed by atoms with Gasteiger partial charge in [0.15, 0.2) is 9.84 Å². The summed E-state index contributed by atoms with van der Waals surface area (Å²) in [6.45, 7) is 14.5. The van der Waals surface area contributed by atoms with Crippen LogP contribution in [0.2, 0.25) is 0 Å². The van der Waals surface area contributed by atoms with Gasteiger partial charge in [-0.15, -0.1) is 0 Å². The van der Waals surface area contributed by atoms with Crippen LogP contribution >= 0.6 is 0 Å². The number of rotatable bonds is 5. The van der Waals surface area contributed by atoms with E-state index in [2.05, 4.69) is 31.0 Å². The van der Waals surface area contributed by atoms with Gasteiger partial charge in [-0.25, -0.2) is 8.42 Å². The van der Waals surface area contributed by atoms with E-state index < -0.39 is 14.6 Å². The van der Waals surface area contributed by atoms with E-state index in [0.29, 0.717) is 24.5 Å². The highest BCUT2D eigenvalue weighted by Gasteiger charge is 2.32. The van der Waals surface area contributed by atoms with Crippen molar-refractivity contribution in [1.82, 2.24) is 10.2 Å². The van der Waals surface area contributed by atoms with Gasteiger partial charge in [0.25, 0.3) is 0 Å². The molecule has 0 aromatic heterocycles. The van der Waals surface area contributed by atoms with Crippen LogP contribution in [0.3, 0.4) is 0 Å². The standard InChI is InChI=1S/C15H32N2O2S/c1-12(2)9-14-10-16-13(3)11-17(14)7-8-20(18,19)15(4,5)6/h12-14,16H,7-11H2,1-6H3. The predicted octanol–water partition coefficient (Wildman–Crippen LogP) is 1.91. The van der Waals surface area contributed by atoms with Gasteiger partial charge < -0.3 is 5.32 Å². The fourth-order valence-corrected chi connectivity index (χ4v) is 3.71. The van der Waals surface area contributed by atoms with Gasteiger partial charge in [0, 0.05) is 31.7 Å². The zero-order valence-electron chi connectivity index (χ0n) is 13.9. The molecule has 2 atom stereocenters. The van der Waals surface area contributed by atoms with Crippen molar-refractivity contribution < 1.29 is 8.42 Å². The summed E-state index contributed by atoms with van der Waals surface area (Å²) in [4.78, 5) is 2.37. The summed E-state index contributed by atoms with van der Waals surface area (Å²) >= 11 is 0. The molecule has 1 fully saturated rings. The largest absolute Gasteiger partial charge is 0.311 e. The van der Waals surface area contributed by atoms with Crippen molar-refractivity contribution in [3.63, 3.8) is 0 Å². The molecule has 1 saturated heterocycles. The molecular formula is C15H32N2O2S. The molecule has 20 heavy (non-hydrogen) atoms. The molecule has 5 heteroatoms. The summed E-state index contributed by atoms with van der Waals surface area (Å²) in [5.41, 5.74) is 0. The lowest BCUT2D eigenvalue weighted by Gasteiger charge is -2.40. The number of hydrogen-bond donors (Lipinski definition) is 1. The highest BCUT2D eigenvalue weighted by Crippen LogP contribution is 2.19. The maximum atomic E-state index is 12.3. The van der Waals surface area contributed by atoms with Crippen molar-refractivity contribution in [2.45, 2.75) is 64.8 Å². The number of hydrogen-bond acceptors (Lipinski definition) is 4. The van der Waals surface area contributed by atoms with Gasteiger partial charge in [-0.05, 0) is 40.0 Å². The fourth-order valence-electron chi connectivity index (χ4n) is 2.63. The summed E-state index contributed by atoms with van der Waals surface area (Å²) in [5, 5.41) is 3.50. The van der Waals surface area contributed by atoms with Gasteiger partial charge in [-0.2, -0.15) is 0 Å². The van der Waals surface area contributed by atoms with Crippen LogP contribution < -0.4 is 5.32 Å². The Labute approximate surface area is 125 Å². The number of nitrogens with zero attached hydrogens (tertiary/aromatic N) is 1. The van der Waals surface area contributed by atoms with E-state index >= 15 is 0 Å². The Morgan fingerprint density at radius 1 is 1.30 bits per heavy atom. The van der Waals surface area contributed by atoms with E-state index in [-0.39, 0.29) is 5.75 Å². The van der Waals surface area contributed by atoms with Crippen molar-refractivity contribution in [3.8, 4) is 0 Å². The third kappa shape index (κ3) is 5.01. The molecule has 0 saturated carbocycles. The molecule has 0 aromatic carbocycles. The van der Waals surface area contributed by atoms with Crippen LogP contribution in [0.5, 0.6) is 0 Å². The molecule has 1 rings (SSSR count). The zero-order valence-corrected chi connectivity index (χ0v) is 14.8. The molecule has 0 aromatic rings. The predicted molar refractivity (Wildman–Crippen MR) is 85.8 cm³/mol. The van der Waals surface area contributed by atoms with E-state index in [0.717, 1.165) is 19.5 Å². The summed E-state index contributed by atoms with van der Waals surface area (Å²) < 4.78 is 23.9. The Kier molecular flexibility index (Phi) is 6.05. The van der Waals surface area contributed by atoms with E-state index in [1.807, 2.05) is 0 Å². The first-order chi connectivity index (χ1) is 9.03.